The number of carbonyl (C=O) groups excluding carboxylic acids is 2. The second kappa shape index (κ2) is 6.41. The highest BCUT2D eigenvalue weighted by molar-refractivity contribution is 6.37. The molecule has 0 atom stereocenters. The first kappa shape index (κ1) is 15.7. The van der Waals surface area contributed by atoms with E-state index in [9.17, 15) is 9.59 Å². The Morgan fingerprint density at radius 1 is 1.19 bits per heavy atom. The fraction of sp³-hybridized carbons (Fsp3) is 0.267. The van der Waals surface area contributed by atoms with E-state index in [1.807, 2.05) is 6.92 Å². The molecule has 0 saturated heterocycles. The van der Waals surface area contributed by atoms with E-state index in [0.29, 0.717) is 28.3 Å². The molecule has 1 aromatic heterocycles. The average molecular weight is 325 g/mol. The number of benzene rings is 1. The quantitative estimate of drug-likeness (QED) is 0.621. The van der Waals surface area contributed by atoms with Crippen molar-refractivity contribution in [1.29, 1.82) is 0 Å². The molecule has 0 spiro atoms. The van der Waals surface area contributed by atoms with Crippen molar-refractivity contribution >= 4 is 34.8 Å². The molecule has 1 heterocycles. The minimum atomic E-state index is -0.326. The van der Waals surface area contributed by atoms with Gasteiger partial charge in [-0.05, 0) is 24.6 Å². The second-order valence-corrected chi connectivity index (χ2v) is 5.51. The highest BCUT2D eigenvalue weighted by atomic mass is 35.5. The number of halogens is 2. The summed E-state index contributed by atoms with van der Waals surface area (Å²) in [6, 6.07) is 4.60. The van der Waals surface area contributed by atoms with Crippen molar-refractivity contribution in [3.8, 4) is 0 Å². The van der Waals surface area contributed by atoms with Gasteiger partial charge in [-0.25, -0.2) is 0 Å². The van der Waals surface area contributed by atoms with Crippen LogP contribution in [0.15, 0.2) is 24.4 Å². The fourth-order valence-corrected chi connectivity index (χ4v) is 2.59. The summed E-state index contributed by atoms with van der Waals surface area (Å²) in [6.07, 6.45) is 2.04. The van der Waals surface area contributed by atoms with Crippen molar-refractivity contribution in [3.63, 3.8) is 0 Å². The maximum Gasteiger partial charge on any atom is 0.174 e. The third-order valence-electron chi connectivity index (χ3n) is 3.09. The van der Waals surface area contributed by atoms with E-state index in [1.165, 1.54) is 12.1 Å². The van der Waals surface area contributed by atoms with Gasteiger partial charge in [-0.1, -0.05) is 30.1 Å². The molecule has 0 N–H and O–H groups in total. The van der Waals surface area contributed by atoms with Crippen LogP contribution in [0.3, 0.4) is 0 Å². The first-order valence-corrected chi connectivity index (χ1v) is 7.22. The summed E-state index contributed by atoms with van der Waals surface area (Å²) in [5.74, 6) is -0.580. The highest BCUT2D eigenvalue weighted by Gasteiger charge is 2.20. The highest BCUT2D eigenvalue weighted by Crippen LogP contribution is 2.23. The molecule has 2 rings (SSSR count). The van der Waals surface area contributed by atoms with Gasteiger partial charge in [-0.2, -0.15) is 5.10 Å². The van der Waals surface area contributed by atoms with Gasteiger partial charge in [0.1, 0.15) is 0 Å². The number of rotatable bonds is 5. The van der Waals surface area contributed by atoms with Gasteiger partial charge >= 0.3 is 0 Å². The van der Waals surface area contributed by atoms with Gasteiger partial charge in [0.15, 0.2) is 11.6 Å². The fourth-order valence-electron chi connectivity index (χ4n) is 2.08. The van der Waals surface area contributed by atoms with Crippen LogP contribution in [0.1, 0.15) is 39.8 Å². The van der Waals surface area contributed by atoms with Gasteiger partial charge in [-0.3, -0.25) is 14.3 Å². The number of hydrogen-bond donors (Lipinski definition) is 0. The number of aryl methyl sites for hydroxylation is 2. The number of nitrogens with zero attached hydrogens (tertiary/aromatic N) is 2. The summed E-state index contributed by atoms with van der Waals surface area (Å²) in [4.78, 5) is 24.4. The molecule has 0 bridgehead atoms. The van der Waals surface area contributed by atoms with Gasteiger partial charge in [0, 0.05) is 23.8 Å². The summed E-state index contributed by atoms with van der Waals surface area (Å²) in [5.41, 5.74) is 1.48. The van der Waals surface area contributed by atoms with E-state index in [4.69, 9.17) is 23.2 Å². The Morgan fingerprint density at radius 3 is 2.48 bits per heavy atom. The Morgan fingerprint density at radius 2 is 1.86 bits per heavy atom. The standard InChI is InChI=1S/C15H14Cl2N2O2/c1-3-13-11(8-19(2)18-13)15(21)7-14(20)10-5-4-9(16)6-12(10)17/h4-6,8H,3,7H2,1-2H3. The molecule has 0 fully saturated rings. The number of hydrogen-bond acceptors (Lipinski definition) is 3. The minimum Gasteiger partial charge on any atom is -0.294 e. The molecule has 110 valence electrons. The number of ketones is 2. The Bertz CT molecular complexity index is 708. The average Bonchev–Trinajstić information content (AvgIpc) is 2.79. The zero-order chi connectivity index (χ0) is 15.6. The van der Waals surface area contributed by atoms with Gasteiger partial charge in [0.25, 0.3) is 0 Å². The molecule has 0 aliphatic rings. The topological polar surface area (TPSA) is 52.0 Å². The van der Waals surface area contributed by atoms with Crippen molar-refractivity contribution in [1.82, 2.24) is 9.78 Å². The molecular formula is C15H14Cl2N2O2. The van der Waals surface area contributed by atoms with Gasteiger partial charge < -0.3 is 0 Å². The van der Waals surface area contributed by atoms with E-state index in [-0.39, 0.29) is 23.0 Å². The lowest BCUT2D eigenvalue weighted by molar-refractivity contribution is 0.0894. The first-order valence-electron chi connectivity index (χ1n) is 6.46. The smallest absolute Gasteiger partial charge is 0.174 e. The predicted octanol–water partition coefficient (Wildman–Crippen LogP) is 3.75. The van der Waals surface area contributed by atoms with Crippen LogP contribution in [0.4, 0.5) is 0 Å². The minimum absolute atomic E-state index is 0.236. The number of Topliss-reactive ketones (excluding diaryl/α,β-unsaturated/α-hetero) is 2. The summed E-state index contributed by atoms with van der Waals surface area (Å²) in [7, 11) is 1.74. The van der Waals surface area contributed by atoms with Crippen LogP contribution >= 0.6 is 23.2 Å². The van der Waals surface area contributed by atoms with Crippen molar-refractivity contribution in [3.05, 3.63) is 51.3 Å². The molecule has 6 heteroatoms. The third-order valence-corrected chi connectivity index (χ3v) is 3.64. The van der Waals surface area contributed by atoms with Gasteiger partial charge in [0.05, 0.1) is 22.7 Å². The Hall–Kier alpha value is -1.65. The van der Waals surface area contributed by atoms with Crippen LogP contribution < -0.4 is 0 Å². The molecule has 2 aromatic rings. The SMILES string of the molecule is CCc1nn(C)cc1C(=O)CC(=O)c1ccc(Cl)cc1Cl. The van der Waals surface area contributed by atoms with Crippen molar-refractivity contribution in [2.45, 2.75) is 19.8 Å². The van der Waals surface area contributed by atoms with E-state index < -0.39 is 0 Å². The monoisotopic (exact) mass is 324 g/mol. The molecule has 21 heavy (non-hydrogen) atoms. The lowest BCUT2D eigenvalue weighted by Gasteiger charge is -2.04. The van der Waals surface area contributed by atoms with Crippen LogP contribution in [-0.2, 0) is 13.5 Å². The lowest BCUT2D eigenvalue weighted by Crippen LogP contribution is -2.10. The van der Waals surface area contributed by atoms with Crippen LogP contribution in [0, 0.1) is 0 Å². The second-order valence-electron chi connectivity index (χ2n) is 4.66. The van der Waals surface area contributed by atoms with Gasteiger partial charge in [-0.15, -0.1) is 0 Å². The molecule has 0 radical (unpaired) electrons. The van der Waals surface area contributed by atoms with E-state index in [1.54, 1.807) is 24.0 Å². The molecule has 0 unspecified atom stereocenters. The van der Waals surface area contributed by atoms with Crippen LogP contribution in [0.5, 0.6) is 0 Å². The van der Waals surface area contributed by atoms with Crippen LogP contribution in [0.2, 0.25) is 10.0 Å². The van der Waals surface area contributed by atoms with E-state index >= 15 is 0 Å². The molecule has 1 aromatic carbocycles. The van der Waals surface area contributed by atoms with Crippen molar-refractivity contribution in [2.75, 3.05) is 0 Å². The summed E-state index contributed by atoms with van der Waals surface area (Å²) < 4.78 is 1.58. The van der Waals surface area contributed by atoms with Crippen molar-refractivity contribution in [2.24, 2.45) is 7.05 Å². The normalized spacial score (nSPS) is 10.7. The summed E-state index contributed by atoms with van der Waals surface area (Å²) >= 11 is 11.8. The van der Waals surface area contributed by atoms with Crippen LogP contribution in [-0.4, -0.2) is 21.3 Å². The summed E-state index contributed by atoms with van der Waals surface area (Å²) in [5, 5.41) is 4.90. The molecule has 4 nitrogen and oxygen atoms in total. The number of aromatic nitrogens is 2. The van der Waals surface area contributed by atoms with Gasteiger partial charge in [0.2, 0.25) is 0 Å². The lowest BCUT2D eigenvalue weighted by atomic mass is 10.0. The molecular weight excluding hydrogens is 311 g/mol. The maximum absolute atomic E-state index is 12.3. The number of carbonyl (C=O) groups is 2. The van der Waals surface area contributed by atoms with E-state index in [2.05, 4.69) is 5.10 Å². The largest absolute Gasteiger partial charge is 0.294 e. The van der Waals surface area contributed by atoms with Crippen LogP contribution in [0.25, 0.3) is 0 Å². The molecule has 0 aliphatic carbocycles. The maximum atomic E-state index is 12.3. The zero-order valence-corrected chi connectivity index (χ0v) is 13.2. The Labute approximate surface area is 132 Å². The Balaban J connectivity index is 2.20. The zero-order valence-electron chi connectivity index (χ0n) is 11.7. The Kier molecular flexibility index (Phi) is 4.80. The molecule has 0 saturated carbocycles. The predicted molar refractivity (Wildman–Crippen MR) is 82.3 cm³/mol. The molecule has 0 aliphatic heterocycles. The van der Waals surface area contributed by atoms with E-state index in [0.717, 1.165) is 0 Å². The first-order chi connectivity index (χ1) is 9.92. The van der Waals surface area contributed by atoms with Crippen molar-refractivity contribution < 1.29 is 9.59 Å². The third kappa shape index (κ3) is 3.52. The summed E-state index contributed by atoms with van der Waals surface area (Å²) in [6.45, 7) is 1.91. The molecule has 0 amide bonds.